The van der Waals surface area contributed by atoms with Gasteiger partial charge in [-0.05, 0) is 18.8 Å². The van der Waals surface area contributed by atoms with Gasteiger partial charge < -0.3 is 29.9 Å². The standard InChI is InChI=1S/C14H28O6/c15-5-6-19-7-8-20-13(9-16)12-3-1-2-4-14(12,10-17)11-18/h12-13,15-18H,1-11H2. The summed E-state index contributed by atoms with van der Waals surface area (Å²) in [6.45, 7) is 0.623. The van der Waals surface area contributed by atoms with Gasteiger partial charge in [0.15, 0.2) is 0 Å². The maximum atomic E-state index is 9.65. The Balaban J connectivity index is 2.52. The van der Waals surface area contributed by atoms with Crippen LogP contribution >= 0.6 is 0 Å². The fourth-order valence-corrected chi connectivity index (χ4v) is 3.08. The van der Waals surface area contributed by atoms with Gasteiger partial charge in [-0.25, -0.2) is 0 Å². The average Bonchev–Trinajstić information content (AvgIpc) is 2.51. The van der Waals surface area contributed by atoms with Crippen molar-refractivity contribution in [3.63, 3.8) is 0 Å². The van der Waals surface area contributed by atoms with Crippen molar-refractivity contribution in [2.45, 2.75) is 31.8 Å². The summed E-state index contributed by atoms with van der Waals surface area (Å²) in [7, 11) is 0. The molecule has 0 aliphatic heterocycles. The Morgan fingerprint density at radius 1 is 1.00 bits per heavy atom. The minimum Gasteiger partial charge on any atom is -0.396 e. The number of aliphatic hydroxyl groups excluding tert-OH is 4. The predicted molar refractivity (Wildman–Crippen MR) is 73.3 cm³/mol. The molecule has 120 valence electrons. The molecule has 2 unspecified atom stereocenters. The molecule has 1 fully saturated rings. The largest absolute Gasteiger partial charge is 0.396 e. The lowest BCUT2D eigenvalue weighted by Crippen LogP contribution is -2.48. The van der Waals surface area contributed by atoms with Crippen molar-refractivity contribution >= 4 is 0 Å². The fraction of sp³-hybridized carbons (Fsp3) is 1.00. The zero-order chi connectivity index (χ0) is 14.8. The molecular formula is C14H28O6. The SMILES string of the molecule is OCCOCCOC(CO)C1CCCCC1(CO)CO. The highest BCUT2D eigenvalue weighted by Crippen LogP contribution is 2.43. The van der Waals surface area contributed by atoms with Gasteiger partial charge in [0.2, 0.25) is 0 Å². The Hall–Kier alpha value is -0.240. The van der Waals surface area contributed by atoms with E-state index in [1.54, 1.807) is 0 Å². The monoisotopic (exact) mass is 292 g/mol. The second-order valence-corrected chi connectivity index (χ2v) is 5.46. The van der Waals surface area contributed by atoms with E-state index in [2.05, 4.69) is 0 Å². The Morgan fingerprint density at radius 2 is 1.75 bits per heavy atom. The van der Waals surface area contributed by atoms with Gasteiger partial charge in [-0.2, -0.15) is 0 Å². The quantitative estimate of drug-likeness (QED) is 0.406. The van der Waals surface area contributed by atoms with Crippen molar-refractivity contribution < 1.29 is 29.9 Å². The number of rotatable bonds is 10. The van der Waals surface area contributed by atoms with E-state index < -0.39 is 11.5 Å². The van der Waals surface area contributed by atoms with Crippen molar-refractivity contribution in [1.82, 2.24) is 0 Å². The molecule has 0 bridgehead atoms. The molecule has 4 N–H and O–H groups in total. The maximum absolute atomic E-state index is 9.65. The smallest absolute Gasteiger partial charge is 0.0841 e. The molecule has 1 aliphatic carbocycles. The molecule has 6 heteroatoms. The van der Waals surface area contributed by atoms with Crippen LogP contribution in [-0.2, 0) is 9.47 Å². The molecule has 0 amide bonds. The Morgan fingerprint density at radius 3 is 2.35 bits per heavy atom. The van der Waals surface area contributed by atoms with Crippen LogP contribution in [0.4, 0.5) is 0 Å². The minimum atomic E-state index is -0.558. The zero-order valence-electron chi connectivity index (χ0n) is 12.0. The van der Waals surface area contributed by atoms with Crippen LogP contribution in [-0.4, -0.2) is 72.8 Å². The summed E-state index contributed by atoms with van der Waals surface area (Å²) >= 11 is 0. The molecule has 0 spiro atoms. The molecule has 1 rings (SSSR count). The first-order valence-electron chi connectivity index (χ1n) is 7.37. The topological polar surface area (TPSA) is 99.4 Å². The normalized spacial score (nSPS) is 23.7. The van der Waals surface area contributed by atoms with Gasteiger partial charge in [-0.1, -0.05) is 12.8 Å². The zero-order valence-corrected chi connectivity index (χ0v) is 12.0. The van der Waals surface area contributed by atoms with Crippen molar-refractivity contribution in [3.05, 3.63) is 0 Å². The summed E-state index contributed by atoms with van der Waals surface area (Å²) in [6.07, 6.45) is 3.20. The number of aliphatic hydroxyl groups is 4. The van der Waals surface area contributed by atoms with Crippen molar-refractivity contribution in [2.75, 3.05) is 46.2 Å². The van der Waals surface area contributed by atoms with Crippen LogP contribution in [0.3, 0.4) is 0 Å². The van der Waals surface area contributed by atoms with Crippen molar-refractivity contribution in [1.29, 1.82) is 0 Å². The van der Waals surface area contributed by atoms with Gasteiger partial charge in [-0.3, -0.25) is 0 Å². The van der Waals surface area contributed by atoms with Crippen molar-refractivity contribution in [3.8, 4) is 0 Å². The number of hydrogen-bond donors (Lipinski definition) is 4. The molecule has 0 aromatic heterocycles. The summed E-state index contributed by atoms with van der Waals surface area (Å²) in [5, 5.41) is 37.4. The van der Waals surface area contributed by atoms with E-state index in [1.807, 2.05) is 0 Å². The third-order valence-corrected chi connectivity index (χ3v) is 4.28. The van der Waals surface area contributed by atoms with E-state index >= 15 is 0 Å². The van der Waals surface area contributed by atoms with E-state index in [-0.39, 0.29) is 39.0 Å². The fourth-order valence-electron chi connectivity index (χ4n) is 3.08. The van der Waals surface area contributed by atoms with E-state index in [1.165, 1.54) is 0 Å². The average molecular weight is 292 g/mol. The molecule has 2 atom stereocenters. The van der Waals surface area contributed by atoms with Crippen molar-refractivity contribution in [2.24, 2.45) is 11.3 Å². The summed E-state index contributed by atoms with van der Waals surface area (Å²) in [5.41, 5.74) is -0.558. The Bertz CT molecular complexity index is 244. The van der Waals surface area contributed by atoms with Gasteiger partial charge in [0.1, 0.15) is 0 Å². The first-order valence-corrected chi connectivity index (χ1v) is 7.37. The Labute approximate surface area is 120 Å². The molecular weight excluding hydrogens is 264 g/mol. The molecule has 1 saturated carbocycles. The number of hydrogen-bond acceptors (Lipinski definition) is 6. The lowest BCUT2D eigenvalue weighted by Gasteiger charge is -2.44. The van der Waals surface area contributed by atoms with Crippen LogP contribution in [0.1, 0.15) is 25.7 Å². The molecule has 0 aromatic carbocycles. The molecule has 0 heterocycles. The Kier molecular flexibility index (Phi) is 8.60. The second kappa shape index (κ2) is 9.65. The van der Waals surface area contributed by atoms with Gasteiger partial charge in [0.05, 0.1) is 52.4 Å². The summed E-state index contributed by atoms with van der Waals surface area (Å²) in [4.78, 5) is 0. The molecule has 6 nitrogen and oxygen atoms in total. The van der Waals surface area contributed by atoms with Gasteiger partial charge in [-0.15, -0.1) is 0 Å². The first-order chi connectivity index (χ1) is 9.74. The van der Waals surface area contributed by atoms with Crippen LogP contribution in [0.5, 0.6) is 0 Å². The predicted octanol–water partition coefficient (Wildman–Crippen LogP) is -0.466. The van der Waals surface area contributed by atoms with Crippen LogP contribution < -0.4 is 0 Å². The highest BCUT2D eigenvalue weighted by Gasteiger charge is 2.44. The summed E-state index contributed by atoms with van der Waals surface area (Å²) < 4.78 is 10.8. The van der Waals surface area contributed by atoms with E-state index in [4.69, 9.17) is 14.6 Å². The van der Waals surface area contributed by atoms with Gasteiger partial charge >= 0.3 is 0 Å². The lowest BCUT2D eigenvalue weighted by atomic mass is 9.65. The maximum Gasteiger partial charge on any atom is 0.0841 e. The van der Waals surface area contributed by atoms with Crippen LogP contribution in [0.25, 0.3) is 0 Å². The third kappa shape index (κ3) is 4.65. The second-order valence-electron chi connectivity index (χ2n) is 5.46. The van der Waals surface area contributed by atoms with Crippen LogP contribution in [0, 0.1) is 11.3 Å². The molecule has 0 aromatic rings. The third-order valence-electron chi connectivity index (χ3n) is 4.28. The van der Waals surface area contributed by atoms with E-state index in [0.29, 0.717) is 13.2 Å². The molecule has 1 aliphatic rings. The lowest BCUT2D eigenvalue weighted by molar-refractivity contribution is -0.121. The van der Waals surface area contributed by atoms with Gasteiger partial charge in [0, 0.05) is 5.41 Å². The van der Waals surface area contributed by atoms with E-state index in [0.717, 1.165) is 25.7 Å². The van der Waals surface area contributed by atoms with E-state index in [9.17, 15) is 15.3 Å². The molecule has 0 saturated heterocycles. The van der Waals surface area contributed by atoms with Crippen LogP contribution in [0.15, 0.2) is 0 Å². The first kappa shape index (κ1) is 17.8. The highest BCUT2D eigenvalue weighted by molar-refractivity contribution is 4.93. The minimum absolute atomic E-state index is 0.0236. The summed E-state index contributed by atoms with van der Waals surface area (Å²) in [5.74, 6) is -0.0471. The molecule has 0 radical (unpaired) electrons. The molecule has 20 heavy (non-hydrogen) atoms. The number of ether oxygens (including phenoxy) is 2. The summed E-state index contributed by atoms with van der Waals surface area (Å²) in [6, 6.07) is 0. The van der Waals surface area contributed by atoms with Crippen LogP contribution in [0.2, 0.25) is 0 Å². The van der Waals surface area contributed by atoms with Gasteiger partial charge in [0.25, 0.3) is 0 Å². The highest BCUT2D eigenvalue weighted by atomic mass is 16.5.